The van der Waals surface area contributed by atoms with Crippen LogP contribution in [0.3, 0.4) is 0 Å². The molecule has 0 fully saturated rings. The van der Waals surface area contributed by atoms with Gasteiger partial charge in [-0.25, -0.2) is 0 Å². The number of methoxy groups -OCH3 is 4. The van der Waals surface area contributed by atoms with Gasteiger partial charge in [-0.05, 0) is 48.4 Å². The van der Waals surface area contributed by atoms with Gasteiger partial charge in [0, 0.05) is 6.20 Å². The molecule has 2 aromatic rings. The molecule has 29 heavy (non-hydrogen) atoms. The summed E-state index contributed by atoms with van der Waals surface area (Å²) in [5, 5.41) is 3.47. The molecule has 6 nitrogen and oxygen atoms in total. The molecule has 0 aromatic heterocycles. The lowest BCUT2D eigenvalue weighted by Gasteiger charge is -2.13. The number of benzene rings is 2. The Morgan fingerprint density at radius 2 is 1.41 bits per heavy atom. The molecule has 0 aliphatic rings. The van der Waals surface area contributed by atoms with Gasteiger partial charge < -0.3 is 24.3 Å². The fraction of sp³-hybridized carbons (Fsp3) is 0.227. The minimum absolute atomic E-state index is 0.0685. The fourth-order valence-electron chi connectivity index (χ4n) is 2.66. The maximum Gasteiger partial charge on any atom is 0.203 e. The van der Waals surface area contributed by atoms with Crippen LogP contribution in [0.1, 0.15) is 18.1 Å². The number of hydrogen-bond donors (Lipinski definition) is 1. The largest absolute Gasteiger partial charge is 0.493 e. The molecule has 7 heteroatoms. The Morgan fingerprint density at radius 3 is 1.90 bits per heavy atom. The fourth-order valence-corrected chi connectivity index (χ4v) is 2.97. The number of ketones is 1. The molecule has 0 unspecified atom stereocenters. The Hall–Kier alpha value is -3.12. The lowest BCUT2D eigenvalue weighted by atomic mass is 10.1. The van der Waals surface area contributed by atoms with Crippen LogP contribution < -0.4 is 24.3 Å². The average Bonchev–Trinajstić information content (AvgIpc) is 2.70. The summed E-state index contributed by atoms with van der Waals surface area (Å²) < 4.78 is 21.5. The molecular weight excluding hydrogens is 394 g/mol. The van der Waals surface area contributed by atoms with Crippen molar-refractivity contribution in [1.82, 2.24) is 0 Å². The molecule has 1 N–H and O–H groups in total. The molecule has 0 bridgehead atoms. The second-order valence-corrected chi connectivity index (χ2v) is 6.37. The van der Waals surface area contributed by atoms with Crippen LogP contribution in [-0.2, 0) is 4.79 Å². The third-order valence-electron chi connectivity index (χ3n) is 3.98. The zero-order valence-corrected chi connectivity index (χ0v) is 17.8. The molecule has 154 valence electrons. The number of hydrogen-bond acceptors (Lipinski definition) is 6. The normalized spacial score (nSPS) is 11.0. The lowest BCUT2D eigenvalue weighted by molar-refractivity contribution is -0.112. The van der Waals surface area contributed by atoms with Crippen LogP contribution in [0.25, 0.3) is 12.2 Å². The summed E-state index contributed by atoms with van der Waals surface area (Å²) in [7, 11) is 6.23. The molecular formula is C22H24ClNO5. The Kier molecular flexibility index (Phi) is 7.98. The molecule has 0 aliphatic carbocycles. The van der Waals surface area contributed by atoms with Crippen molar-refractivity contribution in [2.45, 2.75) is 6.92 Å². The van der Waals surface area contributed by atoms with Crippen molar-refractivity contribution < 1.29 is 23.7 Å². The van der Waals surface area contributed by atoms with Crippen molar-refractivity contribution in [3.63, 3.8) is 0 Å². The monoisotopic (exact) mass is 417 g/mol. The lowest BCUT2D eigenvalue weighted by Crippen LogP contribution is -1.96. The smallest absolute Gasteiger partial charge is 0.203 e. The van der Waals surface area contributed by atoms with E-state index in [1.165, 1.54) is 20.1 Å². The number of halogens is 1. The highest BCUT2D eigenvalue weighted by molar-refractivity contribution is 6.32. The molecule has 0 saturated heterocycles. The second kappa shape index (κ2) is 10.4. The van der Waals surface area contributed by atoms with Crippen LogP contribution in [0.2, 0.25) is 5.02 Å². The van der Waals surface area contributed by atoms with Crippen molar-refractivity contribution in [2.24, 2.45) is 0 Å². The van der Waals surface area contributed by atoms with Crippen molar-refractivity contribution in [3.05, 3.63) is 52.7 Å². The third kappa shape index (κ3) is 5.68. The van der Waals surface area contributed by atoms with Crippen LogP contribution >= 0.6 is 11.6 Å². The van der Waals surface area contributed by atoms with E-state index in [1.807, 2.05) is 30.4 Å². The zero-order valence-electron chi connectivity index (χ0n) is 17.0. The van der Waals surface area contributed by atoms with E-state index in [-0.39, 0.29) is 5.78 Å². The minimum atomic E-state index is -0.0685. The van der Waals surface area contributed by atoms with Gasteiger partial charge in [-0.15, -0.1) is 0 Å². The standard InChI is InChI=1S/C22H24ClNO5/c1-14(25)8-9-24-18-11-15(10-17(23)21(18)28-4)6-7-16-12-19(26-2)22(29-5)20(13-16)27-3/h6-13,24H,1-5H3/b7-6-,9-8-. The summed E-state index contributed by atoms with van der Waals surface area (Å²) in [5.74, 6) is 2.08. The Morgan fingerprint density at radius 1 is 0.862 bits per heavy atom. The summed E-state index contributed by atoms with van der Waals surface area (Å²) in [5.41, 5.74) is 2.34. The van der Waals surface area contributed by atoms with Crippen LogP contribution in [0.15, 0.2) is 36.5 Å². The van der Waals surface area contributed by atoms with E-state index in [2.05, 4.69) is 5.32 Å². The summed E-state index contributed by atoms with van der Waals surface area (Å²) in [6, 6.07) is 7.34. The van der Waals surface area contributed by atoms with E-state index in [9.17, 15) is 4.79 Å². The first-order valence-corrected chi connectivity index (χ1v) is 9.10. The predicted molar refractivity (Wildman–Crippen MR) is 116 cm³/mol. The van der Waals surface area contributed by atoms with Crippen LogP contribution in [0.5, 0.6) is 23.0 Å². The van der Waals surface area contributed by atoms with Gasteiger partial charge in [0.1, 0.15) is 0 Å². The molecule has 0 aliphatic heterocycles. The molecule has 2 rings (SSSR count). The molecule has 2 aromatic carbocycles. The first kappa shape index (κ1) is 22.2. The number of rotatable bonds is 9. The minimum Gasteiger partial charge on any atom is -0.493 e. The molecule has 0 amide bonds. The van der Waals surface area contributed by atoms with Gasteiger partial charge in [0.05, 0.1) is 39.1 Å². The topological polar surface area (TPSA) is 66.0 Å². The quantitative estimate of drug-likeness (QED) is 0.454. The van der Waals surface area contributed by atoms with Crippen LogP contribution in [-0.4, -0.2) is 34.2 Å². The maximum atomic E-state index is 11.1. The molecule has 0 heterocycles. The number of carbonyl (C=O) groups excluding carboxylic acids is 1. The number of allylic oxidation sites excluding steroid dienone is 1. The highest BCUT2D eigenvalue weighted by atomic mass is 35.5. The van der Waals surface area contributed by atoms with Gasteiger partial charge in [0.2, 0.25) is 5.75 Å². The van der Waals surface area contributed by atoms with E-state index >= 15 is 0 Å². The molecule has 0 radical (unpaired) electrons. The zero-order chi connectivity index (χ0) is 21.4. The summed E-state index contributed by atoms with van der Waals surface area (Å²) >= 11 is 6.35. The van der Waals surface area contributed by atoms with Crippen LogP contribution in [0.4, 0.5) is 5.69 Å². The van der Waals surface area contributed by atoms with Crippen molar-refractivity contribution in [1.29, 1.82) is 0 Å². The van der Waals surface area contributed by atoms with E-state index in [1.54, 1.807) is 33.6 Å². The Bertz CT molecular complexity index is 912. The van der Waals surface area contributed by atoms with Crippen LogP contribution in [0, 0.1) is 0 Å². The van der Waals surface area contributed by atoms with Gasteiger partial charge in [-0.1, -0.05) is 23.8 Å². The number of ether oxygens (including phenoxy) is 4. The first-order valence-electron chi connectivity index (χ1n) is 8.72. The predicted octanol–water partition coefficient (Wildman–Crippen LogP) is 5.06. The van der Waals surface area contributed by atoms with E-state index < -0.39 is 0 Å². The molecule has 0 atom stereocenters. The van der Waals surface area contributed by atoms with Gasteiger partial charge in [0.15, 0.2) is 23.0 Å². The second-order valence-electron chi connectivity index (χ2n) is 5.96. The van der Waals surface area contributed by atoms with Crippen molar-refractivity contribution in [2.75, 3.05) is 33.8 Å². The van der Waals surface area contributed by atoms with Gasteiger partial charge >= 0.3 is 0 Å². The van der Waals surface area contributed by atoms with Crippen molar-refractivity contribution >= 4 is 35.2 Å². The summed E-state index contributed by atoms with van der Waals surface area (Å²) in [4.78, 5) is 11.1. The summed E-state index contributed by atoms with van der Waals surface area (Å²) in [6.45, 7) is 1.47. The van der Waals surface area contributed by atoms with Gasteiger partial charge in [0.25, 0.3) is 0 Å². The Balaban J connectivity index is 2.39. The number of nitrogens with one attached hydrogen (secondary N) is 1. The van der Waals surface area contributed by atoms with E-state index in [0.717, 1.165) is 11.1 Å². The van der Waals surface area contributed by atoms with E-state index in [4.69, 9.17) is 30.5 Å². The van der Waals surface area contributed by atoms with Gasteiger partial charge in [-0.2, -0.15) is 0 Å². The average molecular weight is 418 g/mol. The molecule has 0 spiro atoms. The summed E-state index contributed by atoms with van der Waals surface area (Å²) in [6.07, 6.45) is 6.76. The Labute approximate surface area is 175 Å². The van der Waals surface area contributed by atoms with Crippen molar-refractivity contribution in [3.8, 4) is 23.0 Å². The SMILES string of the molecule is COc1cc(/C=C\c2cc(Cl)c(OC)c(N/C=C\C(C)=O)c2)cc(OC)c1OC. The number of anilines is 1. The van der Waals surface area contributed by atoms with Gasteiger partial charge in [-0.3, -0.25) is 4.79 Å². The first-order chi connectivity index (χ1) is 13.9. The number of carbonyl (C=O) groups is 1. The van der Waals surface area contributed by atoms with E-state index in [0.29, 0.717) is 33.7 Å². The maximum absolute atomic E-state index is 11.1. The third-order valence-corrected chi connectivity index (χ3v) is 4.26. The molecule has 0 saturated carbocycles. The highest BCUT2D eigenvalue weighted by Crippen LogP contribution is 2.39. The highest BCUT2D eigenvalue weighted by Gasteiger charge is 2.12.